The van der Waals surface area contributed by atoms with Gasteiger partial charge >= 0.3 is 0 Å². The highest BCUT2D eigenvalue weighted by Gasteiger charge is 2.24. The summed E-state index contributed by atoms with van der Waals surface area (Å²) in [6, 6.07) is 9.06. The molecule has 1 saturated heterocycles. The Morgan fingerprint density at radius 3 is 3.00 bits per heavy atom. The first-order valence-electron chi connectivity index (χ1n) is 5.35. The third kappa shape index (κ3) is 3.60. The summed E-state index contributed by atoms with van der Waals surface area (Å²) in [5.74, 6) is 0.644. The molecular formula is C12H15ClN2O2. The summed E-state index contributed by atoms with van der Waals surface area (Å²) in [6.45, 7) is 1.41. The van der Waals surface area contributed by atoms with Crippen LogP contribution in [0.4, 0.5) is 0 Å². The van der Waals surface area contributed by atoms with E-state index in [0.717, 1.165) is 13.0 Å². The first-order valence-corrected chi connectivity index (χ1v) is 5.35. The summed E-state index contributed by atoms with van der Waals surface area (Å²) in [5.41, 5.74) is 0.570. The summed E-state index contributed by atoms with van der Waals surface area (Å²) in [5, 5.41) is 21.5. The number of ether oxygens (including phenoxy) is 1. The van der Waals surface area contributed by atoms with Gasteiger partial charge in [-0.1, -0.05) is 6.07 Å². The lowest BCUT2D eigenvalue weighted by atomic mass is 10.1. The predicted octanol–water partition coefficient (Wildman–Crippen LogP) is 1.08. The summed E-state index contributed by atoms with van der Waals surface area (Å²) < 4.78 is 5.67. The third-order valence-corrected chi connectivity index (χ3v) is 2.64. The Labute approximate surface area is 107 Å². The Bertz CT molecular complexity index is 406. The van der Waals surface area contributed by atoms with E-state index in [-0.39, 0.29) is 18.5 Å². The van der Waals surface area contributed by atoms with Crippen molar-refractivity contribution in [1.82, 2.24) is 5.32 Å². The number of hydrogen-bond acceptors (Lipinski definition) is 4. The molecule has 1 aromatic rings. The molecule has 1 fully saturated rings. The van der Waals surface area contributed by atoms with E-state index in [2.05, 4.69) is 11.4 Å². The maximum absolute atomic E-state index is 9.70. The second-order valence-electron chi connectivity index (χ2n) is 3.86. The largest absolute Gasteiger partial charge is 0.488 e. The molecule has 17 heavy (non-hydrogen) atoms. The van der Waals surface area contributed by atoms with Crippen molar-refractivity contribution in [3.8, 4) is 11.8 Å². The summed E-state index contributed by atoms with van der Waals surface area (Å²) in [4.78, 5) is 0. The first kappa shape index (κ1) is 13.8. The Morgan fingerprint density at radius 1 is 1.47 bits per heavy atom. The van der Waals surface area contributed by atoms with Gasteiger partial charge in [-0.3, -0.25) is 0 Å². The van der Waals surface area contributed by atoms with E-state index in [1.807, 2.05) is 0 Å². The van der Waals surface area contributed by atoms with Crippen molar-refractivity contribution in [2.75, 3.05) is 13.1 Å². The van der Waals surface area contributed by atoms with Gasteiger partial charge in [-0.05, 0) is 31.2 Å². The highest BCUT2D eigenvalue weighted by Crippen LogP contribution is 2.18. The molecule has 0 aliphatic carbocycles. The van der Waals surface area contributed by atoms with E-state index in [9.17, 15) is 5.11 Å². The predicted molar refractivity (Wildman–Crippen MR) is 66.3 cm³/mol. The zero-order valence-corrected chi connectivity index (χ0v) is 10.1. The second-order valence-corrected chi connectivity index (χ2v) is 3.86. The Balaban J connectivity index is 0.00000144. The van der Waals surface area contributed by atoms with E-state index in [4.69, 9.17) is 10.00 Å². The van der Waals surface area contributed by atoms with E-state index in [0.29, 0.717) is 17.9 Å². The summed E-state index contributed by atoms with van der Waals surface area (Å²) in [6.07, 6.45) is 0.104. The molecule has 2 rings (SSSR count). The zero-order chi connectivity index (χ0) is 11.4. The van der Waals surface area contributed by atoms with E-state index >= 15 is 0 Å². The molecule has 0 amide bonds. The van der Waals surface area contributed by atoms with Crippen molar-refractivity contribution < 1.29 is 9.84 Å². The Kier molecular flexibility index (Phi) is 5.23. The smallest absolute Gasteiger partial charge is 0.127 e. The van der Waals surface area contributed by atoms with Gasteiger partial charge in [0.2, 0.25) is 0 Å². The van der Waals surface area contributed by atoms with Crippen LogP contribution < -0.4 is 10.1 Å². The average molecular weight is 255 g/mol. The van der Waals surface area contributed by atoms with Crippen LogP contribution in [0, 0.1) is 11.3 Å². The molecule has 5 heteroatoms. The van der Waals surface area contributed by atoms with Crippen LogP contribution in [0.25, 0.3) is 0 Å². The number of aliphatic hydroxyl groups is 1. The molecule has 92 valence electrons. The van der Waals surface area contributed by atoms with Crippen LogP contribution in [0.5, 0.6) is 5.75 Å². The van der Waals surface area contributed by atoms with E-state index in [1.165, 1.54) is 0 Å². The molecule has 1 aromatic carbocycles. The van der Waals surface area contributed by atoms with Crippen LogP contribution in [0.1, 0.15) is 12.0 Å². The lowest BCUT2D eigenvalue weighted by Gasteiger charge is -2.28. The van der Waals surface area contributed by atoms with Crippen molar-refractivity contribution in [3.05, 3.63) is 29.8 Å². The topological polar surface area (TPSA) is 65.3 Å². The number of nitrogens with zero attached hydrogens (tertiary/aromatic N) is 1. The van der Waals surface area contributed by atoms with Crippen molar-refractivity contribution >= 4 is 12.4 Å². The lowest BCUT2D eigenvalue weighted by Crippen LogP contribution is -2.46. The first-order chi connectivity index (χ1) is 7.79. The standard InChI is InChI=1S/C12H14N2O2.ClH/c13-7-9-2-1-3-10(6-9)16-12-4-5-14-8-11(12)15;/h1-3,6,11-12,14-15H,4-5,8H2;1H/t11-,12-;/m0./s1. The molecule has 1 heterocycles. The summed E-state index contributed by atoms with van der Waals surface area (Å²) in [7, 11) is 0. The van der Waals surface area contributed by atoms with Gasteiger partial charge in [0.15, 0.2) is 0 Å². The van der Waals surface area contributed by atoms with Crippen LogP contribution >= 0.6 is 12.4 Å². The van der Waals surface area contributed by atoms with Gasteiger partial charge in [-0.15, -0.1) is 12.4 Å². The van der Waals surface area contributed by atoms with Crippen molar-refractivity contribution in [3.63, 3.8) is 0 Å². The van der Waals surface area contributed by atoms with Crippen LogP contribution in [-0.2, 0) is 0 Å². The number of aliphatic hydroxyl groups excluding tert-OH is 1. The number of benzene rings is 1. The molecule has 1 aliphatic rings. The quantitative estimate of drug-likeness (QED) is 0.829. The fourth-order valence-corrected chi connectivity index (χ4v) is 1.77. The minimum Gasteiger partial charge on any atom is -0.488 e. The average Bonchev–Trinajstić information content (AvgIpc) is 2.32. The Morgan fingerprint density at radius 2 is 2.29 bits per heavy atom. The van der Waals surface area contributed by atoms with Crippen molar-refractivity contribution in [2.45, 2.75) is 18.6 Å². The molecular weight excluding hydrogens is 240 g/mol. The molecule has 2 N–H and O–H groups in total. The number of β-amino-alcohol motifs (C(OH)–C–C–N with tert-alkyl or cyclic N) is 1. The van der Waals surface area contributed by atoms with Crippen molar-refractivity contribution in [2.24, 2.45) is 0 Å². The minimum absolute atomic E-state index is 0. The van der Waals surface area contributed by atoms with Crippen molar-refractivity contribution in [1.29, 1.82) is 5.26 Å². The molecule has 1 aliphatic heterocycles. The summed E-state index contributed by atoms with van der Waals surface area (Å²) >= 11 is 0. The fourth-order valence-electron chi connectivity index (χ4n) is 1.77. The third-order valence-electron chi connectivity index (χ3n) is 2.64. The SMILES string of the molecule is Cl.N#Cc1cccc(O[C@H]2CCNC[C@@H]2O)c1. The van der Waals surface area contributed by atoms with E-state index in [1.54, 1.807) is 24.3 Å². The number of hydrogen-bond donors (Lipinski definition) is 2. The highest BCUT2D eigenvalue weighted by molar-refractivity contribution is 5.85. The van der Waals surface area contributed by atoms with Gasteiger partial charge in [-0.25, -0.2) is 0 Å². The molecule has 0 radical (unpaired) electrons. The molecule has 0 saturated carbocycles. The lowest BCUT2D eigenvalue weighted by molar-refractivity contribution is 0.0162. The molecule has 0 bridgehead atoms. The molecule has 4 nitrogen and oxygen atoms in total. The molecule has 2 atom stereocenters. The van der Waals surface area contributed by atoms with Gasteiger partial charge in [0.25, 0.3) is 0 Å². The monoisotopic (exact) mass is 254 g/mol. The number of halogens is 1. The number of nitriles is 1. The van der Waals surface area contributed by atoms with Crippen LogP contribution in [0.15, 0.2) is 24.3 Å². The fraction of sp³-hybridized carbons (Fsp3) is 0.417. The Hall–Kier alpha value is -1.28. The second kappa shape index (κ2) is 6.45. The van der Waals surface area contributed by atoms with E-state index < -0.39 is 6.10 Å². The highest BCUT2D eigenvalue weighted by atomic mass is 35.5. The van der Waals surface area contributed by atoms with Crippen LogP contribution in [0.2, 0.25) is 0 Å². The molecule has 0 aromatic heterocycles. The number of piperidine rings is 1. The van der Waals surface area contributed by atoms with Gasteiger partial charge < -0.3 is 15.2 Å². The molecule has 0 spiro atoms. The normalized spacial score (nSPS) is 23.3. The molecule has 0 unspecified atom stereocenters. The van der Waals surface area contributed by atoms with Gasteiger partial charge in [0.05, 0.1) is 11.6 Å². The minimum atomic E-state index is -0.487. The zero-order valence-electron chi connectivity index (χ0n) is 9.30. The van der Waals surface area contributed by atoms with Gasteiger partial charge in [0.1, 0.15) is 18.0 Å². The van der Waals surface area contributed by atoms with Gasteiger partial charge in [-0.2, -0.15) is 5.26 Å². The van der Waals surface area contributed by atoms with Crippen LogP contribution in [-0.4, -0.2) is 30.4 Å². The number of nitrogens with one attached hydrogen (secondary N) is 1. The number of rotatable bonds is 2. The maximum atomic E-state index is 9.70. The van der Waals surface area contributed by atoms with Crippen LogP contribution in [0.3, 0.4) is 0 Å². The maximum Gasteiger partial charge on any atom is 0.127 e. The van der Waals surface area contributed by atoms with Gasteiger partial charge in [0, 0.05) is 6.54 Å².